The second-order valence-electron chi connectivity index (χ2n) is 5.11. The average molecular weight is 233 g/mol. The van der Waals surface area contributed by atoms with Crippen LogP contribution in [0.25, 0.3) is 0 Å². The van der Waals surface area contributed by atoms with Crippen molar-refractivity contribution >= 4 is 5.69 Å². The highest BCUT2D eigenvalue weighted by Crippen LogP contribution is 2.30. The van der Waals surface area contributed by atoms with Crippen LogP contribution in [0.5, 0.6) is 0 Å². The Bertz CT molecular complexity index is 364. The number of rotatable bonds is 3. The first-order chi connectivity index (χ1) is 8.22. The second kappa shape index (κ2) is 5.50. The maximum absolute atomic E-state index is 5.90. The van der Waals surface area contributed by atoms with Gasteiger partial charge in [0.1, 0.15) is 0 Å². The summed E-state index contributed by atoms with van der Waals surface area (Å²) in [6.45, 7) is 2.84. The number of anilines is 1. The second-order valence-corrected chi connectivity index (χ2v) is 5.11. The lowest BCUT2D eigenvalue weighted by Crippen LogP contribution is -2.43. The molecule has 0 radical (unpaired) electrons. The van der Waals surface area contributed by atoms with E-state index in [1.807, 2.05) is 13.1 Å². The van der Waals surface area contributed by atoms with E-state index in [4.69, 9.17) is 5.73 Å². The van der Waals surface area contributed by atoms with Crippen molar-refractivity contribution in [1.82, 2.24) is 4.98 Å². The molecule has 94 valence electrons. The number of hydrogen-bond donors (Lipinski definition) is 1. The fraction of sp³-hybridized carbons (Fsp3) is 0.643. The van der Waals surface area contributed by atoms with Gasteiger partial charge >= 0.3 is 0 Å². The summed E-state index contributed by atoms with van der Waals surface area (Å²) in [6.07, 6.45) is 7.09. The van der Waals surface area contributed by atoms with Crippen LogP contribution in [0.3, 0.4) is 0 Å². The largest absolute Gasteiger partial charge is 0.371 e. The van der Waals surface area contributed by atoms with Crippen LogP contribution in [0.15, 0.2) is 18.3 Å². The smallest absolute Gasteiger partial charge is 0.0399 e. The summed E-state index contributed by atoms with van der Waals surface area (Å²) >= 11 is 0. The van der Waals surface area contributed by atoms with Gasteiger partial charge in [0.05, 0.1) is 0 Å². The number of nitrogens with zero attached hydrogens (tertiary/aromatic N) is 2. The zero-order valence-corrected chi connectivity index (χ0v) is 10.9. The molecule has 0 aromatic carbocycles. The Morgan fingerprint density at radius 3 is 2.88 bits per heavy atom. The zero-order chi connectivity index (χ0) is 12.3. The molecule has 3 heteroatoms. The standard InChI is InChI=1S/C14H23N3/c1-11-9-13(7-8-16-11)17(2)14-6-4-3-5-12(14)10-15/h7-9,12,14H,3-6,10,15H2,1-2H3. The van der Waals surface area contributed by atoms with Gasteiger partial charge in [-0.15, -0.1) is 0 Å². The summed E-state index contributed by atoms with van der Waals surface area (Å²) in [5, 5.41) is 0. The molecular formula is C14H23N3. The van der Waals surface area contributed by atoms with Gasteiger partial charge in [0.15, 0.2) is 0 Å². The fourth-order valence-electron chi connectivity index (χ4n) is 2.91. The molecule has 1 saturated carbocycles. The van der Waals surface area contributed by atoms with Crippen LogP contribution >= 0.6 is 0 Å². The molecule has 1 aromatic heterocycles. The van der Waals surface area contributed by atoms with E-state index in [-0.39, 0.29) is 0 Å². The highest BCUT2D eigenvalue weighted by Gasteiger charge is 2.27. The highest BCUT2D eigenvalue weighted by molar-refractivity contribution is 5.46. The quantitative estimate of drug-likeness (QED) is 0.871. The number of aromatic nitrogens is 1. The predicted octanol–water partition coefficient (Wildman–Crippen LogP) is 2.34. The molecule has 0 spiro atoms. The summed E-state index contributed by atoms with van der Waals surface area (Å²) in [5.41, 5.74) is 8.25. The molecule has 0 aliphatic heterocycles. The number of aryl methyl sites for hydroxylation is 1. The summed E-state index contributed by atoms with van der Waals surface area (Å²) < 4.78 is 0. The Morgan fingerprint density at radius 2 is 2.18 bits per heavy atom. The summed E-state index contributed by atoms with van der Waals surface area (Å²) in [7, 11) is 2.19. The van der Waals surface area contributed by atoms with Gasteiger partial charge in [-0.1, -0.05) is 12.8 Å². The summed E-state index contributed by atoms with van der Waals surface area (Å²) in [4.78, 5) is 6.65. The average Bonchev–Trinajstić information content (AvgIpc) is 2.38. The molecule has 1 aliphatic carbocycles. The lowest BCUT2D eigenvalue weighted by molar-refractivity contribution is 0.306. The van der Waals surface area contributed by atoms with E-state index >= 15 is 0 Å². The minimum atomic E-state index is 0.593. The molecule has 1 fully saturated rings. The molecule has 2 unspecified atom stereocenters. The number of hydrogen-bond acceptors (Lipinski definition) is 3. The molecule has 0 bridgehead atoms. The van der Waals surface area contributed by atoms with E-state index in [2.05, 4.69) is 29.1 Å². The van der Waals surface area contributed by atoms with Gasteiger partial charge in [0.25, 0.3) is 0 Å². The monoisotopic (exact) mass is 233 g/mol. The van der Waals surface area contributed by atoms with Crippen molar-refractivity contribution < 1.29 is 0 Å². The third-order valence-corrected chi connectivity index (χ3v) is 3.96. The van der Waals surface area contributed by atoms with Crippen molar-refractivity contribution in [2.75, 3.05) is 18.5 Å². The Hall–Kier alpha value is -1.09. The molecule has 1 heterocycles. The Balaban J connectivity index is 2.15. The van der Waals surface area contributed by atoms with Crippen LogP contribution in [0.4, 0.5) is 5.69 Å². The molecule has 1 aliphatic rings. The lowest BCUT2D eigenvalue weighted by Gasteiger charge is -2.38. The molecular weight excluding hydrogens is 210 g/mol. The maximum atomic E-state index is 5.90. The maximum Gasteiger partial charge on any atom is 0.0399 e. The van der Waals surface area contributed by atoms with Crippen molar-refractivity contribution in [1.29, 1.82) is 0 Å². The van der Waals surface area contributed by atoms with Crippen LogP contribution < -0.4 is 10.6 Å². The van der Waals surface area contributed by atoms with Crippen molar-refractivity contribution in [3.63, 3.8) is 0 Å². The molecule has 1 aromatic rings. The van der Waals surface area contributed by atoms with E-state index in [1.54, 1.807) is 0 Å². The van der Waals surface area contributed by atoms with E-state index < -0.39 is 0 Å². The van der Waals surface area contributed by atoms with Crippen LogP contribution in [0.1, 0.15) is 31.4 Å². The van der Waals surface area contributed by atoms with E-state index in [0.717, 1.165) is 12.2 Å². The first-order valence-corrected chi connectivity index (χ1v) is 6.58. The molecule has 2 atom stereocenters. The third-order valence-electron chi connectivity index (χ3n) is 3.96. The molecule has 3 nitrogen and oxygen atoms in total. The fourth-order valence-corrected chi connectivity index (χ4v) is 2.91. The first-order valence-electron chi connectivity index (χ1n) is 6.58. The molecule has 0 amide bonds. The highest BCUT2D eigenvalue weighted by atomic mass is 15.1. The SMILES string of the molecule is Cc1cc(N(C)C2CCCCC2CN)ccn1. The van der Waals surface area contributed by atoms with Crippen molar-refractivity contribution in [3.05, 3.63) is 24.0 Å². The lowest BCUT2D eigenvalue weighted by atomic mass is 9.83. The topological polar surface area (TPSA) is 42.1 Å². The van der Waals surface area contributed by atoms with Gasteiger partial charge in [-0.2, -0.15) is 0 Å². The van der Waals surface area contributed by atoms with Crippen molar-refractivity contribution in [2.45, 2.75) is 38.6 Å². The summed E-state index contributed by atoms with van der Waals surface area (Å²) in [6, 6.07) is 4.84. The minimum Gasteiger partial charge on any atom is -0.371 e. The van der Waals surface area contributed by atoms with Gasteiger partial charge in [-0.25, -0.2) is 0 Å². The van der Waals surface area contributed by atoms with Gasteiger partial charge < -0.3 is 10.6 Å². The van der Waals surface area contributed by atoms with Crippen LogP contribution in [0, 0.1) is 12.8 Å². The molecule has 2 rings (SSSR count). The van der Waals surface area contributed by atoms with Gasteiger partial charge in [0.2, 0.25) is 0 Å². The molecule has 0 saturated heterocycles. The third kappa shape index (κ3) is 2.78. The van der Waals surface area contributed by atoms with Gasteiger partial charge in [-0.3, -0.25) is 4.98 Å². The first kappa shape index (κ1) is 12.4. The van der Waals surface area contributed by atoms with Crippen LogP contribution in [0.2, 0.25) is 0 Å². The molecule has 2 N–H and O–H groups in total. The molecule has 17 heavy (non-hydrogen) atoms. The Kier molecular flexibility index (Phi) is 4.00. The Morgan fingerprint density at radius 1 is 1.41 bits per heavy atom. The van der Waals surface area contributed by atoms with Crippen molar-refractivity contribution in [3.8, 4) is 0 Å². The van der Waals surface area contributed by atoms with Crippen molar-refractivity contribution in [2.24, 2.45) is 11.7 Å². The van der Waals surface area contributed by atoms with E-state index in [9.17, 15) is 0 Å². The number of pyridine rings is 1. The minimum absolute atomic E-state index is 0.593. The van der Waals surface area contributed by atoms with Crippen LogP contribution in [-0.4, -0.2) is 24.6 Å². The van der Waals surface area contributed by atoms with Gasteiger partial charge in [0, 0.05) is 30.7 Å². The van der Waals surface area contributed by atoms with E-state index in [0.29, 0.717) is 12.0 Å². The number of nitrogens with two attached hydrogens (primary N) is 1. The Labute approximate surface area is 104 Å². The van der Waals surface area contributed by atoms with Gasteiger partial charge in [-0.05, 0) is 44.4 Å². The normalized spacial score (nSPS) is 24.6. The predicted molar refractivity (Wildman–Crippen MR) is 72.2 cm³/mol. The van der Waals surface area contributed by atoms with E-state index in [1.165, 1.54) is 31.4 Å². The van der Waals surface area contributed by atoms with Crippen LogP contribution in [-0.2, 0) is 0 Å². The zero-order valence-electron chi connectivity index (χ0n) is 10.9. The summed E-state index contributed by atoms with van der Waals surface area (Å²) in [5.74, 6) is 0.641.